The van der Waals surface area contributed by atoms with Gasteiger partial charge >= 0.3 is 0 Å². The number of hydrogen-bond donors (Lipinski definition) is 1. The molecule has 0 atom stereocenters. The summed E-state index contributed by atoms with van der Waals surface area (Å²) in [5.41, 5.74) is 0.908. The summed E-state index contributed by atoms with van der Waals surface area (Å²) >= 11 is 12.7. The number of nitrogens with one attached hydrogen (secondary N) is 1. The second-order valence-electron chi connectivity index (χ2n) is 3.27. The maximum atomic E-state index is 5.94. The Kier molecular flexibility index (Phi) is 4.01. The topological polar surface area (TPSA) is 37.8 Å². The molecule has 0 aliphatic rings. The van der Waals surface area contributed by atoms with Crippen molar-refractivity contribution in [2.75, 3.05) is 12.4 Å². The minimum absolute atomic E-state index is 0.648. The van der Waals surface area contributed by atoms with Crippen molar-refractivity contribution in [3.05, 3.63) is 38.4 Å². The van der Waals surface area contributed by atoms with Gasteiger partial charge < -0.3 is 5.32 Å². The predicted octanol–water partition coefficient (Wildman–Crippen LogP) is 4.36. The first kappa shape index (κ1) is 12.8. The molecule has 2 aromatic rings. The Labute approximate surface area is 121 Å². The number of anilines is 1. The van der Waals surface area contributed by atoms with Gasteiger partial charge in [-0.3, -0.25) is 0 Å². The van der Waals surface area contributed by atoms with Gasteiger partial charge in [0.05, 0.1) is 9.50 Å². The normalized spacial score (nSPS) is 10.4. The molecular formula is C11H8Br2ClN3. The summed E-state index contributed by atoms with van der Waals surface area (Å²) in [7, 11) is 1.81. The zero-order valence-electron chi connectivity index (χ0n) is 8.84. The van der Waals surface area contributed by atoms with E-state index in [-0.39, 0.29) is 0 Å². The van der Waals surface area contributed by atoms with Crippen LogP contribution in [0.2, 0.25) is 5.02 Å². The summed E-state index contributed by atoms with van der Waals surface area (Å²) in [4.78, 5) is 8.66. The molecule has 0 saturated carbocycles. The van der Waals surface area contributed by atoms with Crippen LogP contribution in [0.25, 0.3) is 11.4 Å². The van der Waals surface area contributed by atoms with Gasteiger partial charge in [-0.05, 0) is 50.1 Å². The molecule has 2 rings (SSSR count). The first-order chi connectivity index (χ1) is 8.11. The Balaban J connectivity index is 2.49. The fraction of sp³-hybridized carbons (Fsp3) is 0.0909. The smallest absolute Gasteiger partial charge is 0.161 e. The van der Waals surface area contributed by atoms with E-state index in [4.69, 9.17) is 11.6 Å². The number of hydrogen-bond acceptors (Lipinski definition) is 3. The first-order valence-corrected chi connectivity index (χ1v) is 6.74. The Morgan fingerprint density at radius 3 is 2.65 bits per heavy atom. The van der Waals surface area contributed by atoms with Gasteiger partial charge in [-0.2, -0.15) is 0 Å². The lowest BCUT2D eigenvalue weighted by Gasteiger charge is -2.06. The summed E-state index contributed by atoms with van der Waals surface area (Å²) in [5.74, 6) is 1.40. The van der Waals surface area contributed by atoms with Crippen LogP contribution in [0.3, 0.4) is 0 Å². The SMILES string of the molecule is CNc1nc(-c2ccc(Cl)c(Br)c2)ncc1Br. The van der Waals surface area contributed by atoms with Crippen molar-refractivity contribution >= 4 is 49.3 Å². The van der Waals surface area contributed by atoms with Gasteiger partial charge in [0, 0.05) is 23.3 Å². The van der Waals surface area contributed by atoms with E-state index in [9.17, 15) is 0 Å². The van der Waals surface area contributed by atoms with Gasteiger partial charge in [0.1, 0.15) is 5.82 Å². The quantitative estimate of drug-likeness (QED) is 0.845. The highest BCUT2D eigenvalue weighted by Crippen LogP contribution is 2.28. The second-order valence-corrected chi connectivity index (χ2v) is 5.38. The number of benzene rings is 1. The van der Waals surface area contributed by atoms with E-state index in [1.165, 1.54) is 0 Å². The summed E-state index contributed by atoms with van der Waals surface area (Å²) in [5, 5.41) is 3.66. The van der Waals surface area contributed by atoms with E-state index in [1.54, 1.807) is 6.20 Å². The van der Waals surface area contributed by atoms with Crippen molar-refractivity contribution in [1.29, 1.82) is 0 Å². The minimum atomic E-state index is 0.648. The summed E-state index contributed by atoms with van der Waals surface area (Å²) < 4.78 is 1.66. The molecule has 0 radical (unpaired) electrons. The first-order valence-electron chi connectivity index (χ1n) is 4.77. The molecule has 0 bridgehead atoms. The van der Waals surface area contributed by atoms with Gasteiger partial charge in [0.2, 0.25) is 0 Å². The van der Waals surface area contributed by atoms with Gasteiger partial charge in [0.15, 0.2) is 5.82 Å². The molecule has 6 heteroatoms. The second kappa shape index (κ2) is 5.33. The lowest BCUT2D eigenvalue weighted by Crippen LogP contribution is -1.97. The molecule has 17 heavy (non-hydrogen) atoms. The van der Waals surface area contributed by atoms with Crippen LogP contribution in [0.15, 0.2) is 33.3 Å². The van der Waals surface area contributed by atoms with Crippen LogP contribution in [0.1, 0.15) is 0 Å². The van der Waals surface area contributed by atoms with Crippen LogP contribution in [0.4, 0.5) is 5.82 Å². The highest BCUT2D eigenvalue weighted by Gasteiger charge is 2.07. The maximum absolute atomic E-state index is 5.94. The number of halogens is 3. The summed E-state index contributed by atoms with van der Waals surface area (Å²) in [6, 6.07) is 5.59. The van der Waals surface area contributed by atoms with Crippen LogP contribution in [0, 0.1) is 0 Å². The zero-order valence-corrected chi connectivity index (χ0v) is 12.8. The minimum Gasteiger partial charge on any atom is -0.372 e. The molecule has 0 saturated heterocycles. The van der Waals surface area contributed by atoms with Crippen molar-refractivity contribution in [3.63, 3.8) is 0 Å². The maximum Gasteiger partial charge on any atom is 0.161 e. The Morgan fingerprint density at radius 1 is 1.24 bits per heavy atom. The Bertz CT molecular complexity index is 560. The van der Waals surface area contributed by atoms with Crippen LogP contribution in [0.5, 0.6) is 0 Å². The summed E-state index contributed by atoms with van der Waals surface area (Å²) in [6.45, 7) is 0. The highest BCUT2D eigenvalue weighted by atomic mass is 79.9. The van der Waals surface area contributed by atoms with E-state index < -0.39 is 0 Å². The fourth-order valence-electron chi connectivity index (χ4n) is 1.32. The molecule has 88 valence electrons. The number of nitrogens with zero attached hydrogens (tertiary/aromatic N) is 2. The van der Waals surface area contributed by atoms with Crippen molar-refractivity contribution in [2.24, 2.45) is 0 Å². The molecule has 0 aliphatic carbocycles. The standard InChI is InChI=1S/C11H8Br2ClN3/c1-15-11-8(13)5-16-10(17-11)6-2-3-9(14)7(12)4-6/h2-5H,1H3,(H,15,16,17). The highest BCUT2D eigenvalue weighted by molar-refractivity contribution is 9.11. The van der Waals surface area contributed by atoms with E-state index >= 15 is 0 Å². The zero-order chi connectivity index (χ0) is 12.4. The van der Waals surface area contributed by atoms with Crippen LogP contribution in [-0.4, -0.2) is 17.0 Å². The van der Waals surface area contributed by atoms with E-state index in [0.29, 0.717) is 10.8 Å². The molecule has 3 nitrogen and oxygen atoms in total. The van der Waals surface area contributed by atoms with Gasteiger partial charge in [-0.25, -0.2) is 9.97 Å². The average Bonchev–Trinajstić information content (AvgIpc) is 2.33. The van der Waals surface area contributed by atoms with Gasteiger partial charge in [-0.15, -0.1) is 0 Å². The lowest BCUT2D eigenvalue weighted by molar-refractivity contribution is 1.15. The number of rotatable bonds is 2. The molecule has 0 unspecified atom stereocenters. The van der Waals surface area contributed by atoms with Crippen molar-refractivity contribution < 1.29 is 0 Å². The van der Waals surface area contributed by atoms with Crippen molar-refractivity contribution in [3.8, 4) is 11.4 Å². The molecular weight excluding hydrogens is 369 g/mol. The number of aromatic nitrogens is 2. The Hall–Kier alpha value is -0.650. The molecule has 1 N–H and O–H groups in total. The molecule has 0 amide bonds. The van der Waals surface area contributed by atoms with E-state index in [0.717, 1.165) is 20.3 Å². The Morgan fingerprint density at radius 2 is 2.00 bits per heavy atom. The van der Waals surface area contributed by atoms with E-state index in [2.05, 4.69) is 47.1 Å². The molecule has 0 fully saturated rings. The summed E-state index contributed by atoms with van der Waals surface area (Å²) in [6.07, 6.45) is 1.72. The third kappa shape index (κ3) is 2.78. The third-order valence-corrected chi connectivity index (χ3v) is 3.95. The molecule has 1 heterocycles. The largest absolute Gasteiger partial charge is 0.372 e. The van der Waals surface area contributed by atoms with Crippen molar-refractivity contribution in [2.45, 2.75) is 0 Å². The monoisotopic (exact) mass is 375 g/mol. The van der Waals surface area contributed by atoms with Crippen LogP contribution >= 0.6 is 43.5 Å². The molecule has 0 aliphatic heterocycles. The van der Waals surface area contributed by atoms with E-state index in [1.807, 2.05) is 25.2 Å². The molecule has 0 spiro atoms. The molecule has 1 aromatic carbocycles. The third-order valence-electron chi connectivity index (χ3n) is 2.16. The lowest BCUT2D eigenvalue weighted by atomic mass is 10.2. The molecule has 1 aromatic heterocycles. The fourth-order valence-corrected chi connectivity index (χ4v) is 2.20. The van der Waals surface area contributed by atoms with Crippen LogP contribution in [-0.2, 0) is 0 Å². The predicted molar refractivity (Wildman–Crippen MR) is 77.4 cm³/mol. The van der Waals surface area contributed by atoms with Gasteiger partial charge in [0.25, 0.3) is 0 Å². The average molecular weight is 377 g/mol. The van der Waals surface area contributed by atoms with Crippen molar-refractivity contribution in [1.82, 2.24) is 9.97 Å². The van der Waals surface area contributed by atoms with Crippen LogP contribution < -0.4 is 5.32 Å². The van der Waals surface area contributed by atoms with Gasteiger partial charge in [-0.1, -0.05) is 11.6 Å².